The lowest BCUT2D eigenvalue weighted by Gasteiger charge is -2.19. The van der Waals surface area contributed by atoms with Crippen molar-refractivity contribution in [2.75, 3.05) is 24.3 Å². The first kappa shape index (κ1) is 15.0. The van der Waals surface area contributed by atoms with Crippen molar-refractivity contribution >= 4 is 38.9 Å². The van der Waals surface area contributed by atoms with Gasteiger partial charge in [0.25, 0.3) is 0 Å². The van der Waals surface area contributed by atoms with E-state index in [0.717, 1.165) is 16.9 Å². The summed E-state index contributed by atoms with van der Waals surface area (Å²) in [5.74, 6) is 0.241. The standard InChI is InChI=1S/C15H16BrClN2O/c1-19(2)14-5-4-11(17)8-13(14)18-9-10-3-6-15(20)12(16)7-10/h3-8,18,20H,9H2,1-2H3. The van der Waals surface area contributed by atoms with Gasteiger partial charge in [0.15, 0.2) is 0 Å². The van der Waals surface area contributed by atoms with E-state index in [0.29, 0.717) is 16.0 Å². The molecule has 0 fully saturated rings. The first-order valence-electron chi connectivity index (χ1n) is 6.15. The zero-order valence-corrected chi connectivity index (χ0v) is 13.7. The third kappa shape index (κ3) is 3.58. The van der Waals surface area contributed by atoms with Gasteiger partial charge in [-0.05, 0) is 51.8 Å². The lowest BCUT2D eigenvalue weighted by atomic mass is 10.2. The molecule has 2 rings (SSSR count). The molecular weight excluding hydrogens is 340 g/mol. The van der Waals surface area contributed by atoms with Crippen molar-refractivity contribution in [2.24, 2.45) is 0 Å². The molecule has 20 heavy (non-hydrogen) atoms. The molecule has 106 valence electrons. The molecule has 3 nitrogen and oxygen atoms in total. The molecular formula is C15H16BrClN2O. The van der Waals surface area contributed by atoms with Crippen LogP contribution in [0.3, 0.4) is 0 Å². The Hall–Kier alpha value is -1.39. The molecule has 0 unspecified atom stereocenters. The summed E-state index contributed by atoms with van der Waals surface area (Å²) in [6.45, 7) is 0.653. The molecule has 0 saturated carbocycles. The fourth-order valence-corrected chi connectivity index (χ4v) is 2.50. The molecule has 0 radical (unpaired) electrons. The SMILES string of the molecule is CN(C)c1ccc(Cl)cc1NCc1ccc(O)c(Br)c1. The average molecular weight is 356 g/mol. The number of aromatic hydroxyl groups is 1. The highest BCUT2D eigenvalue weighted by Crippen LogP contribution is 2.29. The molecule has 0 amide bonds. The van der Waals surface area contributed by atoms with E-state index in [2.05, 4.69) is 21.2 Å². The van der Waals surface area contributed by atoms with E-state index in [-0.39, 0.29) is 5.75 Å². The molecule has 0 heterocycles. The Morgan fingerprint density at radius 1 is 1.20 bits per heavy atom. The second-order valence-corrected chi connectivity index (χ2v) is 5.99. The lowest BCUT2D eigenvalue weighted by Crippen LogP contribution is -2.12. The predicted octanol–water partition coefficient (Wildman–Crippen LogP) is 4.49. The van der Waals surface area contributed by atoms with E-state index in [1.807, 2.05) is 49.3 Å². The van der Waals surface area contributed by atoms with Crippen LogP contribution in [0.2, 0.25) is 5.02 Å². The summed E-state index contributed by atoms with van der Waals surface area (Å²) in [6, 6.07) is 11.2. The van der Waals surface area contributed by atoms with Crippen LogP contribution < -0.4 is 10.2 Å². The second-order valence-electron chi connectivity index (χ2n) is 4.70. The van der Waals surface area contributed by atoms with Gasteiger partial charge < -0.3 is 15.3 Å². The number of phenolic OH excluding ortho intramolecular Hbond substituents is 1. The number of rotatable bonds is 4. The van der Waals surface area contributed by atoms with Gasteiger partial charge in [-0.2, -0.15) is 0 Å². The maximum atomic E-state index is 9.49. The van der Waals surface area contributed by atoms with Crippen LogP contribution in [0.4, 0.5) is 11.4 Å². The maximum absolute atomic E-state index is 9.49. The summed E-state index contributed by atoms with van der Waals surface area (Å²) in [7, 11) is 3.98. The molecule has 2 N–H and O–H groups in total. The van der Waals surface area contributed by atoms with Crippen molar-refractivity contribution in [1.29, 1.82) is 0 Å². The summed E-state index contributed by atoms with van der Waals surface area (Å²) >= 11 is 9.36. The molecule has 0 aliphatic carbocycles. The summed E-state index contributed by atoms with van der Waals surface area (Å²) in [5, 5.41) is 13.6. The summed E-state index contributed by atoms with van der Waals surface area (Å²) in [5.41, 5.74) is 3.12. The molecule has 2 aromatic carbocycles. The molecule has 0 atom stereocenters. The molecule has 5 heteroatoms. The number of hydrogen-bond donors (Lipinski definition) is 2. The van der Waals surface area contributed by atoms with E-state index in [1.165, 1.54) is 0 Å². The largest absolute Gasteiger partial charge is 0.507 e. The van der Waals surface area contributed by atoms with Gasteiger partial charge in [-0.3, -0.25) is 0 Å². The molecule has 0 spiro atoms. The van der Waals surface area contributed by atoms with E-state index >= 15 is 0 Å². The number of phenols is 1. The Morgan fingerprint density at radius 2 is 1.95 bits per heavy atom. The predicted molar refractivity (Wildman–Crippen MR) is 88.9 cm³/mol. The fraction of sp³-hybridized carbons (Fsp3) is 0.200. The minimum atomic E-state index is 0.241. The lowest BCUT2D eigenvalue weighted by molar-refractivity contribution is 0.471. The molecule has 0 bridgehead atoms. The Balaban J connectivity index is 2.17. The zero-order chi connectivity index (χ0) is 14.7. The van der Waals surface area contributed by atoms with E-state index < -0.39 is 0 Å². The quantitative estimate of drug-likeness (QED) is 0.848. The third-order valence-corrected chi connectivity index (χ3v) is 3.81. The van der Waals surface area contributed by atoms with E-state index in [9.17, 15) is 5.11 Å². The highest BCUT2D eigenvalue weighted by molar-refractivity contribution is 9.10. The van der Waals surface area contributed by atoms with Gasteiger partial charge in [0.2, 0.25) is 0 Å². The maximum Gasteiger partial charge on any atom is 0.129 e. The number of nitrogens with zero attached hydrogens (tertiary/aromatic N) is 1. The first-order valence-corrected chi connectivity index (χ1v) is 7.32. The Morgan fingerprint density at radius 3 is 2.60 bits per heavy atom. The minimum absolute atomic E-state index is 0.241. The summed E-state index contributed by atoms with van der Waals surface area (Å²) in [6.07, 6.45) is 0. The van der Waals surface area contributed by atoms with Crippen molar-refractivity contribution in [3.63, 3.8) is 0 Å². The molecule has 2 aromatic rings. The third-order valence-electron chi connectivity index (χ3n) is 2.94. The van der Waals surface area contributed by atoms with Gasteiger partial charge in [0.1, 0.15) is 5.75 Å². The second kappa shape index (κ2) is 6.37. The summed E-state index contributed by atoms with van der Waals surface area (Å²) < 4.78 is 0.690. The van der Waals surface area contributed by atoms with Crippen LogP contribution in [0.15, 0.2) is 40.9 Å². The summed E-state index contributed by atoms with van der Waals surface area (Å²) in [4.78, 5) is 2.03. The number of hydrogen-bond acceptors (Lipinski definition) is 3. The minimum Gasteiger partial charge on any atom is -0.507 e. The molecule has 0 aliphatic heterocycles. The van der Waals surface area contributed by atoms with E-state index in [4.69, 9.17) is 11.6 Å². The molecule has 0 aliphatic rings. The van der Waals surface area contributed by atoms with Crippen molar-refractivity contribution in [3.8, 4) is 5.75 Å². The Labute approximate surface area is 132 Å². The average Bonchev–Trinajstić information content (AvgIpc) is 2.40. The highest BCUT2D eigenvalue weighted by atomic mass is 79.9. The molecule has 0 aromatic heterocycles. The Bertz CT molecular complexity index is 617. The van der Waals surface area contributed by atoms with Gasteiger partial charge >= 0.3 is 0 Å². The van der Waals surface area contributed by atoms with Gasteiger partial charge in [0.05, 0.1) is 15.8 Å². The Kier molecular flexibility index (Phi) is 4.78. The van der Waals surface area contributed by atoms with E-state index in [1.54, 1.807) is 6.07 Å². The number of benzene rings is 2. The molecule has 0 saturated heterocycles. The fourth-order valence-electron chi connectivity index (χ4n) is 1.90. The van der Waals surface area contributed by atoms with Crippen LogP contribution in [0.25, 0.3) is 0 Å². The number of halogens is 2. The van der Waals surface area contributed by atoms with Crippen molar-refractivity contribution in [3.05, 3.63) is 51.5 Å². The van der Waals surface area contributed by atoms with Gasteiger partial charge in [-0.25, -0.2) is 0 Å². The van der Waals surface area contributed by atoms with Gasteiger partial charge in [-0.1, -0.05) is 17.7 Å². The number of anilines is 2. The monoisotopic (exact) mass is 354 g/mol. The topological polar surface area (TPSA) is 35.5 Å². The van der Waals surface area contributed by atoms with Gasteiger partial charge in [-0.15, -0.1) is 0 Å². The van der Waals surface area contributed by atoms with Crippen molar-refractivity contribution in [2.45, 2.75) is 6.54 Å². The zero-order valence-electron chi connectivity index (χ0n) is 11.3. The van der Waals surface area contributed by atoms with Crippen LogP contribution in [0.5, 0.6) is 5.75 Å². The normalized spacial score (nSPS) is 10.4. The first-order chi connectivity index (χ1) is 9.47. The van der Waals surface area contributed by atoms with Gasteiger partial charge in [0, 0.05) is 25.7 Å². The van der Waals surface area contributed by atoms with Crippen LogP contribution in [-0.2, 0) is 6.54 Å². The van der Waals surface area contributed by atoms with Crippen LogP contribution in [-0.4, -0.2) is 19.2 Å². The van der Waals surface area contributed by atoms with Crippen LogP contribution in [0, 0.1) is 0 Å². The van der Waals surface area contributed by atoms with Crippen LogP contribution >= 0.6 is 27.5 Å². The van der Waals surface area contributed by atoms with Crippen molar-refractivity contribution < 1.29 is 5.11 Å². The van der Waals surface area contributed by atoms with Crippen molar-refractivity contribution in [1.82, 2.24) is 0 Å². The van der Waals surface area contributed by atoms with Crippen LogP contribution in [0.1, 0.15) is 5.56 Å². The number of nitrogens with one attached hydrogen (secondary N) is 1. The highest BCUT2D eigenvalue weighted by Gasteiger charge is 2.06. The smallest absolute Gasteiger partial charge is 0.129 e.